The van der Waals surface area contributed by atoms with E-state index in [1.165, 1.54) is 6.08 Å². The number of hydrogen-bond donors (Lipinski definition) is 4. The summed E-state index contributed by atoms with van der Waals surface area (Å²) in [5.74, 6) is 0. The van der Waals surface area contributed by atoms with Crippen molar-refractivity contribution in [2.45, 2.75) is 6.92 Å². The van der Waals surface area contributed by atoms with Crippen molar-refractivity contribution >= 4 is 18.1 Å². The molecule has 0 unspecified atom stereocenters. The van der Waals surface area contributed by atoms with Gasteiger partial charge in [0.15, 0.2) is 0 Å². The molecule has 0 aromatic rings. The van der Waals surface area contributed by atoms with Crippen molar-refractivity contribution in [1.82, 2.24) is 5.32 Å². The molecule has 12 heavy (non-hydrogen) atoms. The Balaban J connectivity index is 4.05. The number of hydrogen-bond acceptors (Lipinski definition) is 4. The zero-order valence-electron chi connectivity index (χ0n) is 6.89. The molecule has 0 aromatic carbocycles. The van der Waals surface area contributed by atoms with Gasteiger partial charge in [-0.05, 0) is 19.1 Å². The van der Waals surface area contributed by atoms with Crippen LogP contribution in [0.25, 0.3) is 0 Å². The summed E-state index contributed by atoms with van der Waals surface area (Å²) in [7, 11) is 0. The summed E-state index contributed by atoms with van der Waals surface area (Å²) in [4.78, 5) is 0. The molecule has 4 heteroatoms. The summed E-state index contributed by atoms with van der Waals surface area (Å²) in [6, 6.07) is 0. The fraction of sp³-hybridized carbons (Fsp3) is 0.125. The molecule has 0 radical (unpaired) electrons. The summed E-state index contributed by atoms with van der Waals surface area (Å²) in [6.07, 6.45) is 6.79. The van der Waals surface area contributed by atoms with E-state index in [0.717, 1.165) is 12.4 Å². The predicted molar refractivity (Wildman–Crippen MR) is 51.3 cm³/mol. The minimum Gasteiger partial charge on any atom is -0.360 e. The fourth-order valence-corrected chi connectivity index (χ4v) is 0.491. The maximum absolute atomic E-state index is 7.05. The fourth-order valence-electron chi connectivity index (χ4n) is 0.491. The van der Waals surface area contributed by atoms with Gasteiger partial charge in [-0.2, -0.15) is 0 Å². The summed E-state index contributed by atoms with van der Waals surface area (Å²) in [5, 5.41) is 23.4. The minimum atomic E-state index is 0.432. The van der Waals surface area contributed by atoms with Crippen LogP contribution in [0.5, 0.6) is 0 Å². The van der Waals surface area contributed by atoms with Gasteiger partial charge in [-0.3, -0.25) is 0 Å². The van der Waals surface area contributed by atoms with Gasteiger partial charge >= 0.3 is 0 Å². The summed E-state index contributed by atoms with van der Waals surface area (Å²) in [5.41, 5.74) is 0.948. The Bertz CT molecular complexity index is 237. The molecule has 4 nitrogen and oxygen atoms in total. The standard InChI is InChI=1S/C8H12N4/c1-7(11)3-5-12-8(6-10)2-4-9/h2-6,9-12H,1H3/b5-3-,8-2+,9-4?,10-6?,11-7?. The molecule has 0 aliphatic rings. The van der Waals surface area contributed by atoms with Crippen molar-refractivity contribution in [2.75, 3.05) is 0 Å². The zero-order chi connectivity index (χ0) is 9.40. The van der Waals surface area contributed by atoms with Crippen molar-refractivity contribution in [2.24, 2.45) is 0 Å². The lowest BCUT2D eigenvalue weighted by Crippen LogP contribution is -2.06. The van der Waals surface area contributed by atoms with Crippen LogP contribution in [0.15, 0.2) is 24.0 Å². The maximum Gasteiger partial charge on any atom is 0.0573 e. The van der Waals surface area contributed by atoms with Crippen LogP contribution in [0.3, 0.4) is 0 Å². The monoisotopic (exact) mass is 164 g/mol. The first kappa shape index (κ1) is 10.3. The summed E-state index contributed by atoms with van der Waals surface area (Å²) < 4.78 is 0. The lowest BCUT2D eigenvalue weighted by molar-refractivity contribution is 1.14. The van der Waals surface area contributed by atoms with Crippen molar-refractivity contribution in [3.8, 4) is 0 Å². The van der Waals surface area contributed by atoms with Crippen LogP contribution >= 0.6 is 0 Å². The third-order valence-electron chi connectivity index (χ3n) is 1.00. The average molecular weight is 164 g/mol. The van der Waals surface area contributed by atoms with Crippen LogP contribution < -0.4 is 5.32 Å². The van der Waals surface area contributed by atoms with Crippen molar-refractivity contribution in [3.05, 3.63) is 24.0 Å². The first-order valence-electron chi connectivity index (χ1n) is 3.40. The van der Waals surface area contributed by atoms with Gasteiger partial charge in [0.05, 0.1) is 5.70 Å². The highest BCUT2D eigenvalue weighted by molar-refractivity contribution is 5.90. The molecule has 0 saturated carbocycles. The third-order valence-corrected chi connectivity index (χ3v) is 1.00. The van der Waals surface area contributed by atoms with E-state index in [2.05, 4.69) is 5.32 Å². The van der Waals surface area contributed by atoms with Gasteiger partial charge in [0.25, 0.3) is 0 Å². The second-order valence-electron chi connectivity index (χ2n) is 2.09. The second kappa shape index (κ2) is 6.03. The lowest BCUT2D eigenvalue weighted by atomic mass is 10.4. The first-order chi connectivity index (χ1) is 5.70. The normalized spacial score (nSPS) is 11.2. The lowest BCUT2D eigenvalue weighted by Gasteiger charge is -1.96. The Kier molecular flexibility index (Phi) is 5.17. The molecule has 0 spiro atoms. The van der Waals surface area contributed by atoms with Gasteiger partial charge in [0.2, 0.25) is 0 Å². The van der Waals surface area contributed by atoms with Crippen LogP contribution in [-0.2, 0) is 0 Å². The molecule has 0 saturated heterocycles. The SMILES string of the molecule is CC(=N)/C=C\N/C(C=N)=C/C=N. The maximum atomic E-state index is 7.05. The Labute approximate surface area is 71.5 Å². The highest BCUT2D eigenvalue weighted by Crippen LogP contribution is 1.82. The van der Waals surface area contributed by atoms with Crippen LogP contribution in [0, 0.1) is 16.2 Å². The largest absolute Gasteiger partial charge is 0.360 e. The molecule has 0 aliphatic carbocycles. The molecule has 0 atom stereocenters. The highest BCUT2D eigenvalue weighted by atomic mass is 14.8. The average Bonchev–Trinajstić information content (AvgIpc) is 2.02. The van der Waals surface area contributed by atoms with Gasteiger partial charge in [-0.15, -0.1) is 0 Å². The van der Waals surface area contributed by atoms with E-state index in [1.807, 2.05) is 0 Å². The number of allylic oxidation sites excluding steroid dienone is 3. The van der Waals surface area contributed by atoms with Gasteiger partial charge < -0.3 is 21.5 Å². The van der Waals surface area contributed by atoms with E-state index in [1.54, 1.807) is 19.2 Å². The molecule has 0 bridgehead atoms. The van der Waals surface area contributed by atoms with Gasteiger partial charge in [-0.1, -0.05) is 0 Å². The first-order valence-corrected chi connectivity index (χ1v) is 3.40. The molecule has 0 aliphatic heterocycles. The van der Waals surface area contributed by atoms with Crippen LogP contribution in [-0.4, -0.2) is 18.1 Å². The minimum absolute atomic E-state index is 0.432. The van der Waals surface area contributed by atoms with Gasteiger partial charge in [-0.25, -0.2) is 0 Å². The molecule has 0 fully saturated rings. The third kappa shape index (κ3) is 5.10. The van der Waals surface area contributed by atoms with E-state index in [4.69, 9.17) is 16.2 Å². The van der Waals surface area contributed by atoms with Gasteiger partial charge in [0, 0.05) is 24.3 Å². The van der Waals surface area contributed by atoms with Crippen LogP contribution in [0.1, 0.15) is 6.92 Å². The summed E-state index contributed by atoms with van der Waals surface area (Å²) >= 11 is 0. The molecule has 0 amide bonds. The molecule has 4 N–H and O–H groups in total. The highest BCUT2D eigenvalue weighted by Gasteiger charge is 1.84. The Morgan fingerprint density at radius 3 is 2.42 bits per heavy atom. The van der Waals surface area contributed by atoms with Crippen molar-refractivity contribution in [1.29, 1.82) is 16.2 Å². The van der Waals surface area contributed by atoms with Gasteiger partial charge in [0.1, 0.15) is 0 Å². The Hall–Kier alpha value is -1.71. The number of rotatable bonds is 5. The number of nitrogens with one attached hydrogen (secondary N) is 4. The molecule has 0 aromatic heterocycles. The van der Waals surface area contributed by atoms with E-state index < -0.39 is 0 Å². The molecule has 64 valence electrons. The predicted octanol–water partition coefficient (Wildman–Crippen LogP) is 1.31. The van der Waals surface area contributed by atoms with Crippen molar-refractivity contribution in [3.63, 3.8) is 0 Å². The quantitative estimate of drug-likeness (QED) is 0.454. The second-order valence-corrected chi connectivity index (χ2v) is 2.09. The van der Waals surface area contributed by atoms with E-state index in [0.29, 0.717) is 11.4 Å². The van der Waals surface area contributed by atoms with E-state index in [-0.39, 0.29) is 0 Å². The van der Waals surface area contributed by atoms with Crippen LogP contribution in [0.4, 0.5) is 0 Å². The van der Waals surface area contributed by atoms with Crippen molar-refractivity contribution < 1.29 is 0 Å². The van der Waals surface area contributed by atoms with E-state index >= 15 is 0 Å². The topological polar surface area (TPSA) is 83.6 Å². The van der Waals surface area contributed by atoms with E-state index in [9.17, 15) is 0 Å². The molecule has 0 rings (SSSR count). The molecular formula is C8H12N4. The zero-order valence-corrected chi connectivity index (χ0v) is 6.89. The smallest absolute Gasteiger partial charge is 0.0573 e. The van der Waals surface area contributed by atoms with Crippen LogP contribution in [0.2, 0.25) is 0 Å². The Morgan fingerprint density at radius 1 is 1.33 bits per heavy atom. The molecule has 0 heterocycles. The molecular weight excluding hydrogens is 152 g/mol. The Morgan fingerprint density at radius 2 is 2.00 bits per heavy atom. The summed E-state index contributed by atoms with van der Waals surface area (Å²) in [6.45, 7) is 1.66.